The van der Waals surface area contributed by atoms with Gasteiger partial charge in [0, 0.05) is 18.1 Å². The molecule has 0 aliphatic rings. The molecule has 1 aromatic carbocycles. The number of hydrogen-bond donors (Lipinski definition) is 1. The third-order valence-electron chi connectivity index (χ3n) is 2.63. The van der Waals surface area contributed by atoms with Crippen LogP contribution in [0.25, 0.3) is 0 Å². The molecule has 0 spiro atoms. The highest BCUT2D eigenvalue weighted by molar-refractivity contribution is 8.00. The zero-order valence-corrected chi connectivity index (χ0v) is 12.8. The van der Waals surface area contributed by atoms with Crippen LogP contribution in [0.4, 0.5) is 5.69 Å². The minimum atomic E-state index is -0.279. The first-order chi connectivity index (χ1) is 10.2. The van der Waals surface area contributed by atoms with Gasteiger partial charge in [0.1, 0.15) is 5.75 Å². The molecule has 1 amide bonds. The van der Waals surface area contributed by atoms with E-state index in [4.69, 9.17) is 4.74 Å². The summed E-state index contributed by atoms with van der Waals surface area (Å²) in [6, 6.07) is 9.04. The van der Waals surface area contributed by atoms with E-state index in [1.54, 1.807) is 18.5 Å². The lowest BCUT2D eigenvalue weighted by Crippen LogP contribution is -2.22. The monoisotopic (exact) mass is 303 g/mol. The fourth-order valence-electron chi connectivity index (χ4n) is 1.60. The molecule has 0 radical (unpaired) electrons. The van der Waals surface area contributed by atoms with E-state index in [1.807, 2.05) is 38.1 Å². The molecule has 0 bridgehead atoms. The molecule has 1 unspecified atom stereocenters. The molecular formula is C15H17N3O2S. The molecular weight excluding hydrogens is 286 g/mol. The van der Waals surface area contributed by atoms with E-state index < -0.39 is 0 Å². The minimum Gasteiger partial charge on any atom is -0.494 e. The average Bonchev–Trinajstić information content (AvgIpc) is 2.50. The Morgan fingerprint density at radius 1 is 1.29 bits per heavy atom. The smallest absolute Gasteiger partial charge is 0.237 e. The number of benzene rings is 1. The summed E-state index contributed by atoms with van der Waals surface area (Å²) in [5.74, 6) is 0.701. The Kier molecular flexibility index (Phi) is 5.57. The third-order valence-corrected chi connectivity index (χ3v) is 3.62. The van der Waals surface area contributed by atoms with E-state index in [1.165, 1.54) is 11.8 Å². The van der Waals surface area contributed by atoms with Crippen LogP contribution in [0.3, 0.4) is 0 Å². The molecule has 21 heavy (non-hydrogen) atoms. The predicted molar refractivity (Wildman–Crippen MR) is 83.6 cm³/mol. The molecule has 0 saturated heterocycles. The van der Waals surface area contributed by atoms with E-state index in [2.05, 4.69) is 15.3 Å². The molecule has 2 rings (SSSR count). The number of carbonyl (C=O) groups is 1. The van der Waals surface area contributed by atoms with E-state index in [9.17, 15) is 4.79 Å². The molecule has 1 aromatic heterocycles. The lowest BCUT2D eigenvalue weighted by Gasteiger charge is -2.11. The van der Waals surface area contributed by atoms with Gasteiger partial charge in [-0.25, -0.2) is 9.97 Å². The van der Waals surface area contributed by atoms with Crippen molar-refractivity contribution in [3.05, 3.63) is 42.7 Å². The quantitative estimate of drug-likeness (QED) is 0.656. The average molecular weight is 303 g/mol. The summed E-state index contributed by atoms with van der Waals surface area (Å²) >= 11 is 1.32. The van der Waals surface area contributed by atoms with Gasteiger partial charge in [-0.15, -0.1) is 0 Å². The first-order valence-electron chi connectivity index (χ1n) is 6.66. The van der Waals surface area contributed by atoms with Gasteiger partial charge < -0.3 is 10.1 Å². The van der Waals surface area contributed by atoms with Crippen LogP contribution < -0.4 is 10.1 Å². The molecule has 1 heterocycles. The van der Waals surface area contributed by atoms with Crippen LogP contribution in [0, 0.1) is 0 Å². The van der Waals surface area contributed by atoms with Crippen molar-refractivity contribution in [3.63, 3.8) is 0 Å². The third kappa shape index (κ3) is 4.75. The van der Waals surface area contributed by atoms with Crippen LogP contribution in [0.15, 0.2) is 47.9 Å². The lowest BCUT2D eigenvalue weighted by atomic mass is 10.3. The standard InChI is InChI=1S/C15H17N3O2S/c1-3-20-13-7-5-12(6-8-13)18-14(19)11(2)21-15-16-9-4-10-17-15/h4-11H,3H2,1-2H3,(H,18,19). The molecule has 2 aromatic rings. The number of thioether (sulfide) groups is 1. The van der Waals surface area contributed by atoms with Gasteiger partial charge in [0.15, 0.2) is 5.16 Å². The predicted octanol–water partition coefficient (Wildman–Crippen LogP) is 2.99. The van der Waals surface area contributed by atoms with Crippen LogP contribution in [0.1, 0.15) is 13.8 Å². The molecule has 6 heteroatoms. The summed E-state index contributed by atoms with van der Waals surface area (Å²) in [5, 5.41) is 3.17. The number of amides is 1. The Morgan fingerprint density at radius 2 is 1.95 bits per heavy atom. The molecule has 1 N–H and O–H groups in total. The van der Waals surface area contributed by atoms with Crippen molar-refractivity contribution in [1.29, 1.82) is 0 Å². The van der Waals surface area contributed by atoms with Crippen LogP contribution >= 0.6 is 11.8 Å². The van der Waals surface area contributed by atoms with Crippen molar-refractivity contribution in [2.24, 2.45) is 0 Å². The van der Waals surface area contributed by atoms with Crippen molar-refractivity contribution in [2.75, 3.05) is 11.9 Å². The maximum atomic E-state index is 12.1. The Morgan fingerprint density at radius 3 is 2.57 bits per heavy atom. The van der Waals surface area contributed by atoms with Crippen molar-refractivity contribution in [2.45, 2.75) is 24.3 Å². The van der Waals surface area contributed by atoms with Crippen LogP contribution in [0.5, 0.6) is 5.75 Å². The zero-order chi connectivity index (χ0) is 15.1. The highest BCUT2D eigenvalue weighted by atomic mass is 32.2. The van der Waals surface area contributed by atoms with Gasteiger partial charge in [-0.05, 0) is 44.2 Å². The maximum absolute atomic E-state index is 12.1. The van der Waals surface area contributed by atoms with Gasteiger partial charge in [0.05, 0.1) is 11.9 Å². The van der Waals surface area contributed by atoms with Crippen molar-refractivity contribution in [3.8, 4) is 5.75 Å². The molecule has 110 valence electrons. The second kappa shape index (κ2) is 7.64. The number of aromatic nitrogens is 2. The Balaban J connectivity index is 1.91. The number of ether oxygens (including phenoxy) is 1. The molecule has 1 atom stereocenters. The largest absolute Gasteiger partial charge is 0.494 e. The first kappa shape index (κ1) is 15.3. The fourth-order valence-corrected chi connectivity index (χ4v) is 2.33. The van der Waals surface area contributed by atoms with Gasteiger partial charge >= 0.3 is 0 Å². The van der Waals surface area contributed by atoms with E-state index in [0.717, 1.165) is 11.4 Å². The summed E-state index contributed by atoms with van der Waals surface area (Å²) in [5.41, 5.74) is 0.741. The Bertz CT molecular complexity index is 575. The summed E-state index contributed by atoms with van der Waals surface area (Å²) in [7, 11) is 0. The number of nitrogens with one attached hydrogen (secondary N) is 1. The number of anilines is 1. The SMILES string of the molecule is CCOc1ccc(NC(=O)C(C)Sc2ncccn2)cc1. The topological polar surface area (TPSA) is 64.1 Å². The van der Waals surface area contributed by atoms with Gasteiger partial charge in [0.2, 0.25) is 5.91 Å². The van der Waals surface area contributed by atoms with Crippen molar-refractivity contribution < 1.29 is 9.53 Å². The summed E-state index contributed by atoms with van der Waals surface area (Å²) in [6.45, 7) is 4.38. The van der Waals surface area contributed by atoms with Crippen LogP contribution in [-0.2, 0) is 4.79 Å². The number of nitrogens with zero attached hydrogens (tertiary/aromatic N) is 2. The summed E-state index contributed by atoms with van der Waals surface area (Å²) in [6.07, 6.45) is 3.32. The van der Waals surface area contributed by atoms with E-state index in [0.29, 0.717) is 11.8 Å². The van der Waals surface area contributed by atoms with E-state index >= 15 is 0 Å². The maximum Gasteiger partial charge on any atom is 0.237 e. The number of rotatable bonds is 6. The Labute approximate surface area is 128 Å². The van der Waals surface area contributed by atoms with Gasteiger partial charge in [-0.2, -0.15) is 0 Å². The van der Waals surface area contributed by atoms with Gasteiger partial charge in [-0.1, -0.05) is 11.8 Å². The summed E-state index contributed by atoms with van der Waals surface area (Å²) in [4.78, 5) is 20.3. The summed E-state index contributed by atoms with van der Waals surface area (Å²) < 4.78 is 5.36. The van der Waals surface area contributed by atoms with Crippen molar-refractivity contribution >= 4 is 23.4 Å². The molecule has 0 aliphatic heterocycles. The lowest BCUT2D eigenvalue weighted by molar-refractivity contribution is -0.115. The highest BCUT2D eigenvalue weighted by Gasteiger charge is 2.15. The van der Waals surface area contributed by atoms with Gasteiger partial charge in [-0.3, -0.25) is 4.79 Å². The molecule has 0 aliphatic carbocycles. The number of carbonyl (C=O) groups excluding carboxylic acids is 1. The van der Waals surface area contributed by atoms with Crippen LogP contribution in [-0.4, -0.2) is 27.7 Å². The first-order valence-corrected chi connectivity index (χ1v) is 7.54. The second-order valence-corrected chi connectivity index (χ2v) is 5.55. The molecule has 5 nitrogen and oxygen atoms in total. The fraction of sp³-hybridized carbons (Fsp3) is 0.267. The van der Waals surface area contributed by atoms with Crippen molar-refractivity contribution in [1.82, 2.24) is 9.97 Å². The Hall–Kier alpha value is -2.08. The molecule has 0 saturated carbocycles. The molecule has 0 fully saturated rings. The van der Waals surface area contributed by atoms with Gasteiger partial charge in [0.25, 0.3) is 0 Å². The minimum absolute atomic E-state index is 0.0865. The number of hydrogen-bond acceptors (Lipinski definition) is 5. The normalized spacial score (nSPS) is 11.7. The van der Waals surface area contributed by atoms with E-state index in [-0.39, 0.29) is 11.2 Å². The zero-order valence-electron chi connectivity index (χ0n) is 11.9. The second-order valence-electron chi connectivity index (χ2n) is 4.24. The van der Waals surface area contributed by atoms with Crippen LogP contribution in [0.2, 0.25) is 0 Å². The highest BCUT2D eigenvalue weighted by Crippen LogP contribution is 2.21.